The molecule has 0 aliphatic carbocycles. The molecule has 2 unspecified atom stereocenters. The standard InChI is InChI=1S/C15H25N3O/c1-10(9-16)15-11(2)17-14(18-12(15)3)8-13-6-4-5-7-19-13/h10,13H,4-9,16H2,1-3H3. The Morgan fingerprint density at radius 3 is 2.47 bits per heavy atom. The number of hydrogen-bond acceptors (Lipinski definition) is 4. The average molecular weight is 263 g/mol. The van der Waals surface area contributed by atoms with Crippen LogP contribution in [0, 0.1) is 13.8 Å². The molecule has 2 N–H and O–H groups in total. The van der Waals surface area contributed by atoms with Gasteiger partial charge in [-0.2, -0.15) is 0 Å². The van der Waals surface area contributed by atoms with Gasteiger partial charge in [0.15, 0.2) is 0 Å². The predicted octanol–water partition coefficient (Wildman–Crippen LogP) is 2.27. The van der Waals surface area contributed by atoms with Gasteiger partial charge in [-0.15, -0.1) is 0 Å². The fourth-order valence-electron chi connectivity index (χ4n) is 2.89. The summed E-state index contributed by atoms with van der Waals surface area (Å²) in [5, 5.41) is 0. The normalized spacial score (nSPS) is 21.4. The van der Waals surface area contributed by atoms with E-state index in [1.165, 1.54) is 18.4 Å². The monoisotopic (exact) mass is 263 g/mol. The van der Waals surface area contributed by atoms with Crippen molar-refractivity contribution in [2.45, 2.75) is 58.5 Å². The zero-order valence-corrected chi connectivity index (χ0v) is 12.3. The van der Waals surface area contributed by atoms with Gasteiger partial charge in [0.05, 0.1) is 6.10 Å². The highest BCUT2D eigenvalue weighted by Gasteiger charge is 2.18. The zero-order valence-electron chi connectivity index (χ0n) is 12.3. The van der Waals surface area contributed by atoms with Crippen LogP contribution in [0.5, 0.6) is 0 Å². The highest BCUT2D eigenvalue weighted by Crippen LogP contribution is 2.22. The van der Waals surface area contributed by atoms with Gasteiger partial charge in [-0.3, -0.25) is 0 Å². The molecule has 1 fully saturated rings. The SMILES string of the molecule is Cc1nc(CC2CCCCO2)nc(C)c1C(C)CN. The highest BCUT2D eigenvalue weighted by atomic mass is 16.5. The average Bonchev–Trinajstić information content (AvgIpc) is 2.38. The van der Waals surface area contributed by atoms with E-state index in [4.69, 9.17) is 10.5 Å². The van der Waals surface area contributed by atoms with Gasteiger partial charge >= 0.3 is 0 Å². The third kappa shape index (κ3) is 3.51. The maximum Gasteiger partial charge on any atom is 0.131 e. The molecular formula is C15H25N3O. The lowest BCUT2D eigenvalue weighted by Gasteiger charge is -2.22. The van der Waals surface area contributed by atoms with Gasteiger partial charge in [-0.25, -0.2) is 9.97 Å². The molecule has 0 bridgehead atoms. The molecule has 19 heavy (non-hydrogen) atoms. The summed E-state index contributed by atoms with van der Waals surface area (Å²) < 4.78 is 5.76. The summed E-state index contributed by atoms with van der Waals surface area (Å²) in [6.07, 6.45) is 4.69. The molecule has 0 aromatic carbocycles. The Labute approximate surface area is 115 Å². The second-order valence-corrected chi connectivity index (χ2v) is 5.55. The summed E-state index contributed by atoms with van der Waals surface area (Å²) >= 11 is 0. The second-order valence-electron chi connectivity index (χ2n) is 5.55. The fourth-order valence-corrected chi connectivity index (χ4v) is 2.89. The molecule has 4 nitrogen and oxygen atoms in total. The van der Waals surface area contributed by atoms with Crippen molar-refractivity contribution in [1.82, 2.24) is 9.97 Å². The van der Waals surface area contributed by atoms with Gasteiger partial charge < -0.3 is 10.5 Å². The van der Waals surface area contributed by atoms with Crippen molar-refractivity contribution in [1.29, 1.82) is 0 Å². The molecule has 1 aliphatic heterocycles. The molecule has 1 aliphatic rings. The van der Waals surface area contributed by atoms with Crippen LogP contribution in [-0.4, -0.2) is 29.2 Å². The Hall–Kier alpha value is -1.00. The van der Waals surface area contributed by atoms with E-state index in [2.05, 4.69) is 30.7 Å². The van der Waals surface area contributed by atoms with E-state index in [9.17, 15) is 0 Å². The molecule has 1 aromatic rings. The number of nitrogens with zero attached hydrogens (tertiary/aromatic N) is 2. The van der Waals surface area contributed by atoms with E-state index >= 15 is 0 Å². The van der Waals surface area contributed by atoms with Gasteiger partial charge in [0.2, 0.25) is 0 Å². The summed E-state index contributed by atoms with van der Waals surface area (Å²) in [6, 6.07) is 0. The quantitative estimate of drug-likeness (QED) is 0.905. The Morgan fingerprint density at radius 2 is 1.95 bits per heavy atom. The second kappa shape index (κ2) is 6.44. The van der Waals surface area contributed by atoms with E-state index in [-0.39, 0.29) is 0 Å². The Morgan fingerprint density at radius 1 is 1.26 bits per heavy atom. The van der Waals surface area contributed by atoms with Crippen LogP contribution in [0.4, 0.5) is 0 Å². The summed E-state index contributed by atoms with van der Waals surface area (Å²) in [5.41, 5.74) is 9.09. The van der Waals surface area contributed by atoms with E-state index in [0.29, 0.717) is 18.6 Å². The first-order chi connectivity index (χ1) is 9.11. The van der Waals surface area contributed by atoms with Crippen molar-refractivity contribution in [2.24, 2.45) is 5.73 Å². The topological polar surface area (TPSA) is 61.0 Å². The van der Waals surface area contributed by atoms with Crippen LogP contribution < -0.4 is 5.73 Å². The molecule has 2 heterocycles. The molecule has 2 rings (SSSR count). The first kappa shape index (κ1) is 14.4. The van der Waals surface area contributed by atoms with Crippen molar-refractivity contribution < 1.29 is 4.74 Å². The molecule has 0 spiro atoms. The van der Waals surface area contributed by atoms with Crippen LogP contribution >= 0.6 is 0 Å². The molecule has 0 saturated carbocycles. The Balaban J connectivity index is 2.14. The summed E-state index contributed by atoms with van der Waals surface area (Å²) in [7, 11) is 0. The number of ether oxygens (including phenoxy) is 1. The summed E-state index contributed by atoms with van der Waals surface area (Å²) in [4.78, 5) is 9.30. The lowest BCUT2D eigenvalue weighted by Crippen LogP contribution is -2.23. The van der Waals surface area contributed by atoms with Crippen LogP contribution in [0.15, 0.2) is 0 Å². The molecule has 2 atom stereocenters. The van der Waals surface area contributed by atoms with Crippen LogP contribution in [-0.2, 0) is 11.2 Å². The van der Waals surface area contributed by atoms with Gasteiger partial charge in [-0.1, -0.05) is 6.92 Å². The molecule has 1 aromatic heterocycles. The van der Waals surface area contributed by atoms with E-state index in [1.54, 1.807) is 0 Å². The smallest absolute Gasteiger partial charge is 0.131 e. The minimum atomic E-state index is 0.297. The number of aromatic nitrogens is 2. The maximum atomic E-state index is 5.76. The molecule has 0 amide bonds. The third-order valence-corrected chi connectivity index (χ3v) is 3.90. The number of hydrogen-bond donors (Lipinski definition) is 1. The van der Waals surface area contributed by atoms with Crippen LogP contribution in [0.1, 0.15) is 54.9 Å². The van der Waals surface area contributed by atoms with Crippen LogP contribution in [0.25, 0.3) is 0 Å². The van der Waals surface area contributed by atoms with E-state index in [1.807, 2.05) is 0 Å². The van der Waals surface area contributed by atoms with E-state index < -0.39 is 0 Å². The predicted molar refractivity (Wildman–Crippen MR) is 76.3 cm³/mol. The van der Waals surface area contributed by atoms with Gasteiger partial charge in [0, 0.05) is 24.4 Å². The Bertz CT molecular complexity index is 404. The molecular weight excluding hydrogens is 238 g/mol. The Kier molecular flexibility index (Phi) is 4.88. The van der Waals surface area contributed by atoms with Gasteiger partial charge in [-0.05, 0) is 51.1 Å². The van der Waals surface area contributed by atoms with Crippen molar-refractivity contribution in [3.63, 3.8) is 0 Å². The van der Waals surface area contributed by atoms with Crippen molar-refractivity contribution in [3.05, 3.63) is 22.8 Å². The third-order valence-electron chi connectivity index (χ3n) is 3.90. The molecule has 4 heteroatoms. The largest absolute Gasteiger partial charge is 0.378 e. The molecule has 0 radical (unpaired) electrons. The fraction of sp³-hybridized carbons (Fsp3) is 0.733. The first-order valence-electron chi connectivity index (χ1n) is 7.27. The van der Waals surface area contributed by atoms with Crippen molar-refractivity contribution in [3.8, 4) is 0 Å². The molecule has 1 saturated heterocycles. The highest BCUT2D eigenvalue weighted by molar-refractivity contribution is 5.28. The number of rotatable bonds is 4. The van der Waals surface area contributed by atoms with Gasteiger partial charge in [0.1, 0.15) is 5.82 Å². The van der Waals surface area contributed by atoms with Gasteiger partial charge in [0.25, 0.3) is 0 Å². The first-order valence-corrected chi connectivity index (χ1v) is 7.27. The minimum Gasteiger partial charge on any atom is -0.378 e. The summed E-state index contributed by atoms with van der Waals surface area (Å²) in [5.74, 6) is 1.23. The van der Waals surface area contributed by atoms with Crippen LogP contribution in [0.3, 0.4) is 0 Å². The van der Waals surface area contributed by atoms with Crippen molar-refractivity contribution in [2.75, 3.05) is 13.2 Å². The van der Waals surface area contributed by atoms with E-state index in [0.717, 1.165) is 36.7 Å². The van der Waals surface area contributed by atoms with Crippen molar-refractivity contribution >= 4 is 0 Å². The summed E-state index contributed by atoms with van der Waals surface area (Å²) in [6.45, 7) is 7.76. The number of aryl methyl sites for hydroxylation is 2. The molecule has 106 valence electrons. The number of nitrogens with two attached hydrogens (primary N) is 1. The maximum absolute atomic E-state index is 5.76. The lowest BCUT2D eigenvalue weighted by atomic mass is 9.98. The van der Waals surface area contributed by atoms with Crippen LogP contribution in [0.2, 0.25) is 0 Å². The lowest BCUT2D eigenvalue weighted by molar-refractivity contribution is 0.0156. The minimum absolute atomic E-state index is 0.297. The zero-order chi connectivity index (χ0) is 13.8.